The molecule has 112 valence electrons. The zero-order chi connectivity index (χ0) is 14.8. The van der Waals surface area contributed by atoms with Crippen molar-refractivity contribution >= 4 is 0 Å². The highest BCUT2D eigenvalue weighted by atomic mass is 16.5. The van der Waals surface area contributed by atoms with Crippen molar-refractivity contribution in [1.29, 1.82) is 0 Å². The molecule has 3 heterocycles. The van der Waals surface area contributed by atoms with Crippen molar-refractivity contribution < 1.29 is 9.63 Å². The Morgan fingerprint density at radius 2 is 2.24 bits per heavy atom. The average molecular weight is 287 g/mol. The fraction of sp³-hybridized carbons (Fsp3) is 0.500. The molecule has 1 aliphatic rings. The molecule has 1 aliphatic heterocycles. The summed E-state index contributed by atoms with van der Waals surface area (Å²) in [4.78, 5) is 4.83. The summed E-state index contributed by atoms with van der Waals surface area (Å²) in [6, 6.07) is 4.00. The molecule has 1 fully saturated rings. The molecule has 2 N–H and O–H groups in total. The highest BCUT2D eigenvalue weighted by Crippen LogP contribution is 2.31. The molecule has 1 atom stereocenters. The molecule has 0 amide bonds. The molecule has 1 saturated heterocycles. The van der Waals surface area contributed by atoms with Crippen LogP contribution in [0.1, 0.15) is 41.5 Å². The molecule has 0 aliphatic carbocycles. The van der Waals surface area contributed by atoms with E-state index in [4.69, 9.17) is 9.51 Å². The third-order valence-corrected chi connectivity index (χ3v) is 4.16. The van der Waals surface area contributed by atoms with E-state index in [-0.39, 0.29) is 6.61 Å². The minimum atomic E-state index is -0.0322. The SMILES string of the molecule is Cc1noc(C)c1-c1nc(C2CCCNC2)ccc1CO. The van der Waals surface area contributed by atoms with Crippen molar-refractivity contribution in [2.24, 2.45) is 0 Å². The van der Waals surface area contributed by atoms with Crippen molar-refractivity contribution in [2.45, 2.75) is 39.2 Å². The van der Waals surface area contributed by atoms with Crippen LogP contribution in [0.15, 0.2) is 16.7 Å². The van der Waals surface area contributed by atoms with E-state index < -0.39 is 0 Å². The Bertz CT molecular complexity index is 611. The predicted molar refractivity (Wildman–Crippen MR) is 80.0 cm³/mol. The van der Waals surface area contributed by atoms with E-state index >= 15 is 0 Å². The van der Waals surface area contributed by atoms with Gasteiger partial charge >= 0.3 is 0 Å². The second-order valence-electron chi connectivity index (χ2n) is 5.64. The molecular weight excluding hydrogens is 266 g/mol. The quantitative estimate of drug-likeness (QED) is 0.906. The van der Waals surface area contributed by atoms with Gasteiger partial charge in [0.25, 0.3) is 0 Å². The summed E-state index contributed by atoms with van der Waals surface area (Å²) in [5.41, 5.74) is 4.42. The first-order chi connectivity index (χ1) is 10.2. The summed E-state index contributed by atoms with van der Waals surface area (Å²) in [5.74, 6) is 1.18. The lowest BCUT2D eigenvalue weighted by atomic mass is 9.94. The number of pyridine rings is 1. The summed E-state index contributed by atoms with van der Waals surface area (Å²) in [7, 11) is 0. The smallest absolute Gasteiger partial charge is 0.143 e. The van der Waals surface area contributed by atoms with E-state index in [1.807, 2.05) is 26.0 Å². The van der Waals surface area contributed by atoms with Crippen LogP contribution in [0.4, 0.5) is 0 Å². The van der Waals surface area contributed by atoms with E-state index in [0.717, 1.165) is 53.5 Å². The van der Waals surface area contributed by atoms with Crippen molar-refractivity contribution in [3.63, 3.8) is 0 Å². The molecular formula is C16H21N3O2. The van der Waals surface area contributed by atoms with E-state index in [0.29, 0.717) is 5.92 Å². The first-order valence-corrected chi connectivity index (χ1v) is 7.45. The van der Waals surface area contributed by atoms with Crippen LogP contribution >= 0.6 is 0 Å². The summed E-state index contributed by atoms with van der Waals surface area (Å²) >= 11 is 0. The number of aliphatic hydroxyl groups is 1. The molecule has 5 heteroatoms. The van der Waals surface area contributed by atoms with Gasteiger partial charge in [-0.05, 0) is 39.3 Å². The van der Waals surface area contributed by atoms with Crippen molar-refractivity contribution in [1.82, 2.24) is 15.5 Å². The third kappa shape index (κ3) is 2.71. The lowest BCUT2D eigenvalue weighted by molar-refractivity contribution is 0.282. The Kier molecular flexibility index (Phi) is 4.03. The number of nitrogens with one attached hydrogen (secondary N) is 1. The molecule has 3 rings (SSSR count). The lowest BCUT2D eigenvalue weighted by Crippen LogP contribution is -2.28. The van der Waals surface area contributed by atoms with Crippen LogP contribution < -0.4 is 5.32 Å². The maximum atomic E-state index is 9.60. The van der Waals surface area contributed by atoms with Crippen LogP contribution in [0, 0.1) is 13.8 Å². The number of aromatic nitrogens is 2. The molecule has 21 heavy (non-hydrogen) atoms. The number of nitrogens with zero attached hydrogens (tertiary/aromatic N) is 2. The highest BCUT2D eigenvalue weighted by molar-refractivity contribution is 5.67. The van der Waals surface area contributed by atoms with Crippen LogP contribution in [0.5, 0.6) is 0 Å². The number of piperidine rings is 1. The fourth-order valence-electron chi connectivity index (χ4n) is 3.00. The molecule has 0 saturated carbocycles. The van der Waals surface area contributed by atoms with Crippen LogP contribution in [0.2, 0.25) is 0 Å². The predicted octanol–water partition coefficient (Wildman–Crippen LogP) is 2.31. The van der Waals surface area contributed by atoms with Crippen LogP contribution in [-0.4, -0.2) is 28.3 Å². The summed E-state index contributed by atoms with van der Waals surface area (Å²) in [6.07, 6.45) is 2.33. The second-order valence-corrected chi connectivity index (χ2v) is 5.64. The van der Waals surface area contributed by atoms with Gasteiger partial charge in [-0.2, -0.15) is 0 Å². The number of aryl methyl sites for hydroxylation is 2. The Morgan fingerprint density at radius 1 is 1.38 bits per heavy atom. The third-order valence-electron chi connectivity index (χ3n) is 4.16. The molecule has 5 nitrogen and oxygen atoms in total. The van der Waals surface area contributed by atoms with E-state index in [1.165, 1.54) is 6.42 Å². The molecule has 0 radical (unpaired) electrons. The summed E-state index contributed by atoms with van der Waals surface area (Å²) in [5, 5.41) is 17.0. The zero-order valence-electron chi connectivity index (χ0n) is 12.5. The van der Waals surface area contributed by atoms with Gasteiger partial charge in [0.05, 0.1) is 23.6 Å². The van der Waals surface area contributed by atoms with E-state index in [9.17, 15) is 5.11 Å². The Morgan fingerprint density at radius 3 is 2.86 bits per heavy atom. The highest BCUT2D eigenvalue weighted by Gasteiger charge is 2.21. The molecule has 0 aromatic carbocycles. The number of rotatable bonds is 3. The number of aliphatic hydroxyl groups excluding tert-OH is 1. The van der Waals surface area contributed by atoms with Gasteiger partial charge in [0, 0.05) is 23.7 Å². The van der Waals surface area contributed by atoms with Gasteiger partial charge in [0.1, 0.15) is 5.76 Å². The maximum absolute atomic E-state index is 9.60. The minimum Gasteiger partial charge on any atom is -0.392 e. The Hall–Kier alpha value is -1.72. The summed E-state index contributed by atoms with van der Waals surface area (Å²) < 4.78 is 5.25. The van der Waals surface area contributed by atoms with Gasteiger partial charge in [-0.3, -0.25) is 4.98 Å². The standard InChI is InChI=1S/C16H21N3O2/c1-10-15(11(2)21-19-10)16-13(9-20)5-6-14(18-16)12-4-3-7-17-8-12/h5-6,12,17,20H,3-4,7-9H2,1-2H3. The van der Waals surface area contributed by atoms with Gasteiger partial charge < -0.3 is 14.9 Å². The van der Waals surface area contributed by atoms with Gasteiger partial charge in [-0.25, -0.2) is 0 Å². The lowest BCUT2D eigenvalue weighted by Gasteiger charge is -2.23. The Labute approximate surface area is 124 Å². The van der Waals surface area contributed by atoms with E-state index in [2.05, 4.69) is 10.5 Å². The van der Waals surface area contributed by atoms with Crippen molar-refractivity contribution in [2.75, 3.05) is 13.1 Å². The number of hydrogen-bond donors (Lipinski definition) is 2. The number of hydrogen-bond acceptors (Lipinski definition) is 5. The topological polar surface area (TPSA) is 71.2 Å². The monoisotopic (exact) mass is 287 g/mol. The van der Waals surface area contributed by atoms with Crippen LogP contribution in [0.3, 0.4) is 0 Å². The first kappa shape index (κ1) is 14.2. The molecule has 1 unspecified atom stereocenters. The van der Waals surface area contributed by atoms with Gasteiger partial charge in [-0.1, -0.05) is 11.2 Å². The molecule has 0 bridgehead atoms. The first-order valence-electron chi connectivity index (χ1n) is 7.45. The van der Waals surface area contributed by atoms with Gasteiger partial charge in [0.15, 0.2) is 0 Å². The van der Waals surface area contributed by atoms with Gasteiger partial charge in [0.2, 0.25) is 0 Å². The van der Waals surface area contributed by atoms with Gasteiger partial charge in [-0.15, -0.1) is 0 Å². The molecule has 2 aromatic heterocycles. The fourth-order valence-corrected chi connectivity index (χ4v) is 3.00. The van der Waals surface area contributed by atoms with Crippen molar-refractivity contribution in [3.05, 3.63) is 34.8 Å². The maximum Gasteiger partial charge on any atom is 0.143 e. The van der Waals surface area contributed by atoms with Crippen LogP contribution in [-0.2, 0) is 6.61 Å². The normalized spacial score (nSPS) is 18.9. The summed E-state index contributed by atoms with van der Waals surface area (Å²) in [6.45, 7) is 5.81. The van der Waals surface area contributed by atoms with E-state index in [1.54, 1.807) is 0 Å². The Balaban J connectivity index is 2.05. The second kappa shape index (κ2) is 5.95. The average Bonchev–Trinajstić information content (AvgIpc) is 2.86. The largest absolute Gasteiger partial charge is 0.392 e. The zero-order valence-corrected chi connectivity index (χ0v) is 12.5. The van der Waals surface area contributed by atoms with Crippen molar-refractivity contribution in [3.8, 4) is 11.3 Å². The minimum absolute atomic E-state index is 0.0322. The van der Waals surface area contributed by atoms with Crippen LogP contribution in [0.25, 0.3) is 11.3 Å². The molecule has 0 spiro atoms. The molecule has 2 aromatic rings.